The second-order valence-electron chi connectivity index (χ2n) is 6.90. The Morgan fingerprint density at radius 2 is 1.55 bits per heavy atom. The summed E-state index contributed by atoms with van der Waals surface area (Å²) in [6.45, 7) is 1.97. The minimum absolute atomic E-state index is 0.0935. The molecule has 0 radical (unpaired) electrons. The Morgan fingerprint density at radius 3 is 2.00 bits per heavy atom. The van der Waals surface area contributed by atoms with Gasteiger partial charge in [0.25, 0.3) is 0 Å². The SMILES string of the molecule is CCc1c(Br)c(C#N)cc2c1NC(=O)C2(c1ccc(O)cc1)c1ccc(O)cc1. The van der Waals surface area contributed by atoms with Crippen molar-refractivity contribution in [3.8, 4) is 17.6 Å². The largest absolute Gasteiger partial charge is 0.508 e. The number of hydrogen-bond donors (Lipinski definition) is 3. The quantitative estimate of drug-likeness (QED) is 0.546. The van der Waals surface area contributed by atoms with E-state index in [2.05, 4.69) is 27.3 Å². The fourth-order valence-electron chi connectivity index (χ4n) is 4.06. The van der Waals surface area contributed by atoms with E-state index in [0.717, 1.165) is 5.56 Å². The molecule has 0 aromatic heterocycles. The average Bonchev–Trinajstić information content (AvgIpc) is 3.01. The van der Waals surface area contributed by atoms with Crippen molar-refractivity contribution in [3.63, 3.8) is 0 Å². The number of carbonyl (C=O) groups excluding carboxylic acids is 1. The smallest absolute Gasteiger partial charge is 0.244 e. The van der Waals surface area contributed by atoms with Crippen molar-refractivity contribution in [1.29, 1.82) is 5.26 Å². The van der Waals surface area contributed by atoms with Gasteiger partial charge in [-0.3, -0.25) is 4.79 Å². The van der Waals surface area contributed by atoms with Gasteiger partial charge in [-0.15, -0.1) is 0 Å². The van der Waals surface area contributed by atoms with E-state index in [9.17, 15) is 20.3 Å². The van der Waals surface area contributed by atoms with Gasteiger partial charge >= 0.3 is 0 Å². The van der Waals surface area contributed by atoms with E-state index in [0.29, 0.717) is 38.8 Å². The highest BCUT2D eigenvalue weighted by molar-refractivity contribution is 9.10. The minimum Gasteiger partial charge on any atom is -0.508 e. The molecule has 0 unspecified atom stereocenters. The van der Waals surface area contributed by atoms with Gasteiger partial charge in [0.1, 0.15) is 23.0 Å². The van der Waals surface area contributed by atoms with E-state index < -0.39 is 5.41 Å². The Balaban J connectivity index is 2.14. The first-order valence-electron chi connectivity index (χ1n) is 9.09. The molecule has 5 nitrogen and oxygen atoms in total. The molecule has 29 heavy (non-hydrogen) atoms. The molecule has 0 fully saturated rings. The third kappa shape index (κ3) is 2.70. The maximum Gasteiger partial charge on any atom is 0.244 e. The van der Waals surface area contributed by atoms with Crippen LogP contribution in [0.4, 0.5) is 5.69 Å². The molecular weight excluding hydrogens is 432 g/mol. The second kappa shape index (κ2) is 6.94. The van der Waals surface area contributed by atoms with Gasteiger partial charge in [0.15, 0.2) is 0 Å². The number of phenolic OH excluding ortho intramolecular Hbond substituents is 2. The van der Waals surface area contributed by atoms with Crippen LogP contribution in [0.2, 0.25) is 0 Å². The predicted molar refractivity (Wildman–Crippen MR) is 113 cm³/mol. The highest BCUT2D eigenvalue weighted by atomic mass is 79.9. The van der Waals surface area contributed by atoms with E-state index in [1.165, 1.54) is 24.3 Å². The summed E-state index contributed by atoms with van der Waals surface area (Å²) >= 11 is 3.50. The van der Waals surface area contributed by atoms with Crippen molar-refractivity contribution in [2.24, 2.45) is 0 Å². The van der Waals surface area contributed by atoms with Gasteiger partial charge in [-0.2, -0.15) is 5.26 Å². The molecule has 1 aliphatic heterocycles. The Kier molecular flexibility index (Phi) is 4.56. The van der Waals surface area contributed by atoms with Crippen molar-refractivity contribution in [3.05, 3.63) is 86.9 Å². The molecule has 0 bridgehead atoms. The number of anilines is 1. The number of phenols is 2. The zero-order chi connectivity index (χ0) is 20.8. The molecule has 3 aromatic carbocycles. The summed E-state index contributed by atoms with van der Waals surface area (Å²) in [5.74, 6) is -0.0624. The number of hydrogen-bond acceptors (Lipinski definition) is 4. The molecule has 144 valence electrons. The normalized spacial score (nSPS) is 14.2. The number of aromatic hydroxyl groups is 2. The fraction of sp³-hybridized carbons (Fsp3) is 0.130. The number of fused-ring (bicyclic) bond motifs is 1. The zero-order valence-corrected chi connectivity index (χ0v) is 17.1. The Bertz CT molecular complexity index is 1120. The highest BCUT2D eigenvalue weighted by Gasteiger charge is 2.51. The maximum absolute atomic E-state index is 13.6. The predicted octanol–water partition coefficient (Wildman–Crippen LogP) is 4.58. The third-order valence-corrected chi connectivity index (χ3v) is 6.32. The molecule has 0 spiro atoms. The lowest BCUT2D eigenvalue weighted by Gasteiger charge is -2.29. The van der Waals surface area contributed by atoms with Crippen LogP contribution in [0, 0.1) is 11.3 Å². The van der Waals surface area contributed by atoms with Crippen LogP contribution in [0.15, 0.2) is 59.1 Å². The summed E-state index contributed by atoms with van der Waals surface area (Å²) in [6.07, 6.45) is 0.625. The summed E-state index contributed by atoms with van der Waals surface area (Å²) < 4.78 is 0.675. The van der Waals surface area contributed by atoms with Gasteiger partial charge in [-0.25, -0.2) is 0 Å². The summed E-state index contributed by atoms with van der Waals surface area (Å²) in [7, 11) is 0. The van der Waals surface area contributed by atoms with Crippen LogP contribution in [-0.2, 0) is 16.6 Å². The van der Waals surface area contributed by atoms with Gasteiger partial charge in [-0.05, 0) is 69.4 Å². The van der Waals surface area contributed by atoms with Crippen molar-refractivity contribution < 1.29 is 15.0 Å². The standard InChI is InChI=1S/C23H17BrN2O3/c1-2-18-20(24)13(12-25)11-19-21(18)26-22(29)23(19,14-3-7-16(27)8-4-14)15-5-9-17(28)10-6-15/h3-11,27-28H,2H2,1H3,(H,26,29). The number of carbonyl (C=O) groups is 1. The molecule has 0 aliphatic carbocycles. The Hall–Kier alpha value is -3.30. The first kappa shape index (κ1) is 19.0. The number of benzene rings is 3. The van der Waals surface area contributed by atoms with Gasteiger partial charge in [0.2, 0.25) is 5.91 Å². The van der Waals surface area contributed by atoms with Gasteiger partial charge in [0, 0.05) is 10.0 Å². The van der Waals surface area contributed by atoms with Crippen molar-refractivity contribution >= 4 is 27.5 Å². The van der Waals surface area contributed by atoms with Crippen LogP contribution >= 0.6 is 15.9 Å². The third-order valence-electron chi connectivity index (χ3n) is 5.42. The first-order valence-corrected chi connectivity index (χ1v) is 9.89. The molecule has 1 aliphatic rings. The Morgan fingerprint density at radius 1 is 1.03 bits per heavy atom. The first-order chi connectivity index (χ1) is 13.9. The Labute approximate surface area is 176 Å². The average molecular weight is 449 g/mol. The van der Waals surface area contributed by atoms with Crippen molar-refractivity contribution in [2.75, 3.05) is 5.32 Å². The second-order valence-corrected chi connectivity index (χ2v) is 7.70. The lowest BCUT2D eigenvalue weighted by molar-refractivity contribution is -0.118. The molecule has 3 N–H and O–H groups in total. The maximum atomic E-state index is 13.6. The zero-order valence-electron chi connectivity index (χ0n) is 15.5. The molecule has 0 saturated carbocycles. The molecule has 0 saturated heterocycles. The molecular formula is C23H17BrN2O3. The van der Waals surface area contributed by atoms with Crippen molar-refractivity contribution in [2.45, 2.75) is 18.8 Å². The number of amides is 1. The summed E-state index contributed by atoms with van der Waals surface area (Å²) in [4.78, 5) is 13.6. The number of halogens is 1. The van der Waals surface area contributed by atoms with E-state index in [-0.39, 0.29) is 17.4 Å². The summed E-state index contributed by atoms with van der Waals surface area (Å²) in [5, 5.41) is 32.2. The van der Waals surface area contributed by atoms with Gasteiger partial charge in [-0.1, -0.05) is 31.2 Å². The monoisotopic (exact) mass is 448 g/mol. The molecule has 4 rings (SSSR count). The van der Waals surface area contributed by atoms with E-state index in [1.54, 1.807) is 30.3 Å². The minimum atomic E-state index is -1.22. The summed E-state index contributed by atoms with van der Waals surface area (Å²) in [6, 6.07) is 16.9. The number of nitrogens with zero attached hydrogens (tertiary/aromatic N) is 1. The van der Waals surface area contributed by atoms with Crippen LogP contribution in [0.25, 0.3) is 0 Å². The van der Waals surface area contributed by atoms with E-state index in [1.807, 2.05) is 6.92 Å². The van der Waals surface area contributed by atoms with E-state index >= 15 is 0 Å². The lowest BCUT2D eigenvalue weighted by atomic mass is 9.69. The van der Waals surface area contributed by atoms with Crippen LogP contribution in [0.3, 0.4) is 0 Å². The lowest BCUT2D eigenvalue weighted by Crippen LogP contribution is -2.37. The van der Waals surface area contributed by atoms with Crippen LogP contribution < -0.4 is 5.32 Å². The highest BCUT2D eigenvalue weighted by Crippen LogP contribution is 2.51. The van der Waals surface area contributed by atoms with Crippen LogP contribution in [-0.4, -0.2) is 16.1 Å². The molecule has 1 heterocycles. The van der Waals surface area contributed by atoms with Gasteiger partial charge < -0.3 is 15.5 Å². The van der Waals surface area contributed by atoms with Crippen LogP contribution in [0.1, 0.15) is 34.7 Å². The molecule has 6 heteroatoms. The number of nitriles is 1. The van der Waals surface area contributed by atoms with Crippen LogP contribution in [0.5, 0.6) is 11.5 Å². The van der Waals surface area contributed by atoms with Crippen molar-refractivity contribution in [1.82, 2.24) is 0 Å². The molecule has 3 aromatic rings. The number of rotatable bonds is 3. The molecule has 1 amide bonds. The number of nitrogens with one attached hydrogen (secondary N) is 1. The summed E-state index contributed by atoms with van der Waals surface area (Å²) in [5.41, 5.74) is 2.76. The topological polar surface area (TPSA) is 93.4 Å². The van der Waals surface area contributed by atoms with E-state index in [4.69, 9.17) is 0 Å². The molecule has 0 atom stereocenters. The fourth-order valence-corrected chi connectivity index (χ4v) is 4.74. The van der Waals surface area contributed by atoms with Gasteiger partial charge in [0.05, 0.1) is 11.3 Å².